The minimum Gasteiger partial charge on any atom is -0.388 e. The van der Waals surface area contributed by atoms with E-state index < -0.39 is 12.1 Å². The zero-order valence-corrected chi connectivity index (χ0v) is 11.6. The molecule has 2 rings (SSSR count). The summed E-state index contributed by atoms with van der Waals surface area (Å²) in [7, 11) is 0. The van der Waals surface area contributed by atoms with Crippen molar-refractivity contribution >= 4 is 11.8 Å². The van der Waals surface area contributed by atoms with E-state index in [9.17, 15) is 14.7 Å². The lowest BCUT2D eigenvalue weighted by atomic mass is 10.0. The van der Waals surface area contributed by atoms with Gasteiger partial charge in [-0.05, 0) is 12.0 Å². The molecular weight excluding hydrogens is 256 g/mol. The van der Waals surface area contributed by atoms with Gasteiger partial charge in [0.25, 0.3) is 0 Å². The summed E-state index contributed by atoms with van der Waals surface area (Å²) in [5.74, 6) is -0.288. The third-order valence-electron chi connectivity index (χ3n) is 3.59. The molecule has 0 aliphatic carbocycles. The Morgan fingerprint density at radius 2 is 2.15 bits per heavy atom. The van der Waals surface area contributed by atoms with E-state index in [0.29, 0.717) is 19.5 Å². The number of hydrogen-bond donors (Lipinski definition) is 2. The average molecular weight is 276 g/mol. The van der Waals surface area contributed by atoms with Gasteiger partial charge in [-0.25, -0.2) is 0 Å². The predicted molar refractivity (Wildman–Crippen MR) is 74.8 cm³/mol. The highest BCUT2D eigenvalue weighted by Crippen LogP contribution is 2.19. The van der Waals surface area contributed by atoms with E-state index in [-0.39, 0.29) is 18.2 Å². The van der Waals surface area contributed by atoms with E-state index in [1.54, 1.807) is 17.0 Å². The first-order chi connectivity index (χ1) is 9.63. The number of nitrogens with zero attached hydrogens (tertiary/aromatic N) is 1. The summed E-state index contributed by atoms with van der Waals surface area (Å²) in [6.07, 6.45) is -0.238. The van der Waals surface area contributed by atoms with Gasteiger partial charge in [0, 0.05) is 13.1 Å². The van der Waals surface area contributed by atoms with Crippen LogP contribution in [0.3, 0.4) is 0 Å². The third kappa shape index (κ3) is 3.17. The van der Waals surface area contributed by atoms with Gasteiger partial charge in [-0.2, -0.15) is 0 Å². The van der Waals surface area contributed by atoms with E-state index in [4.69, 9.17) is 0 Å². The van der Waals surface area contributed by atoms with Crippen molar-refractivity contribution in [3.63, 3.8) is 0 Å². The fourth-order valence-electron chi connectivity index (χ4n) is 2.49. The van der Waals surface area contributed by atoms with E-state index in [1.807, 2.05) is 25.1 Å². The number of hydrogen-bond acceptors (Lipinski definition) is 3. The molecule has 1 aromatic rings. The molecule has 0 aromatic heterocycles. The molecule has 2 unspecified atom stereocenters. The van der Waals surface area contributed by atoms with Crippen LogP contribution in [0.2, 0.25) is 0 Å². The number of aliphatic hydroxyl groups excluding tert-OH is 1. The summed E-state index contributed by atoms with van der Waals surface area (Å²) < 4.78 is 0. The number of rotatable bonds is 4. The van der Waals surface area contributed by atoms with Gasteiger partial charge < -0.3 is 15.3 Å². The van der Waals surface area contributed by atoms with Crippen molar-refractivity contribution in [3.05, 3.63) is 35.9 Å². The molecule has 2 N–H and O–H groups in total. The summed E-state index contributed by atoms with van der Waals surface area (Å²) in [6.45, 7) is 2.86. The number of carbonyl (C=O) groups is 2. The molecular formula is C15H20N2O3. The Morgan fingerprint density at radius 3 is 2.80 bits per heavy atom. The first-order valence-corrected chi connectivity index (χ1v) is 6.93. The highest BCUT2D eigenvalue weighted by atomic mass is 16.3. The van der Waals surface area contributed by atoms with Crippen molar-refractivity contribution in [2.45, 2.75) is 31.9 Å². The van der Waals surface area contributed by atoms with Gasteiger partial charge in [0.2, 0.25) is 11.8 Å². The van der Waals surface area contributed by atoms with Crippen molar-refractivity contribution in [1.82, 2.24) is 10.2 Å². The van der Waals surface area contributed by atoms with Crippen LogP contribution in [-0.4, -0.2) is 41.0 Å². The average Bonchev–Trinajstić information content (AvgIpc) is 2.47. The fraction of sp³-hybridized carbons (Fsp3) is 0.467. The molecule has 1 fully saturated rings. The highest BCUT2D eigenvalue weighted by molar-refractivity contribution is 5.88. The van der Waals surface area contributed by atoms with E-state index in [1.165, 1.54) is 0 Å². The zero-order valence-electron chi connectivity index (χ0n) is 11.6. The van der Waals surface area contributed by atoms with Crippen LogP contribution in [0.5, 0.6) is 0 Å². The van der Waals surface area contributed by atoms with Crippen molar-refractivity contribution in [2.24, 2.45) is 0 Å². The van der Waals surface area contributed by atoms with Crippen LogP contribution in [0.15, 0.2) is 30.3 Å². The first kappa shape index (κ1) is 14.5. The summed E-state index contributed by atoms with van der Waals surface area (Å²) >= 11 is 0. The normalized spacial score (nSPS) is 20.4. The Hall–Kier alpha value is -1.88. The summed E-state index contributed by atoms with van der Waals surface area (Å²) in [6, 6.07) is 8.67. The third-order valence-corrected chi connectivity index (χ3v) is 3.59. The Balaban J connectivity index is 2.02. The smallest absolute Gasteiger partial charge is 0.242 e. The maximum absolute atomic E-state index is 12.3. The summed E-state index contributed by atoms with van der Waals surface area (Å²) in [5.41, 5.74) is 0.718. The molecule has 0 spiro atoms. The lowest BCUT2D eigenvalue weighted by Crippen LogP contribution is -2.57. The number of aliphatic hydroxyl groups is 1. The van der Waals surface area contributed by atoms with Gasteiger partial charge in [0.05, 0.1) is 12.5 Å². The molecule has 0 radical (unpaired) electrons. The fourth-order valence-corrected chi connectivity index (χ4v) is 2.49. The van der Waals surface area contributed by atoms with Crippen molar-refractivity contribution in [3.8, 4) is 0 Å². The lowest BCUT2D eigenvalue weighted by molar-refractivity contribution is -0.144. The molecule has 108 valence electrons. The molecule has 5 nitrogen and oxygen atoms in total. The van der Waals surface area contributed by atoms with E-state index in [0.717, 1.165) is 5.56 Å². The van der Waals surface area contributed by atoms with E-state index >= 15 is 0 Å². The summed E-state index contributed by atoms with van der Waals surface area (Å²) in [4.78, 5) is 25.6. The molecule has 2 atom stereocenters. The molecule has 1 aromatic carbocycles. The topological polar surface area (TPSA) is 69.6 Å². The van der Waals surface area contributed by atoms with Crippen LogP contribution in [0.1, 0.15) is 31.4 Å². The Morgan fingerprint density at radius 1 is 1.45 bits per heavy atom. The summed E-state index contributed by atoms with van der Waals surface area (Å²) in [5, 5.41) is 12.9. The van der Waals surface area contributed by atoms with Crippen LogP contribution in [0, 0.1) is 0 Å². The standard InChI is InChI=1S/C15H20N2O3/c1-2-12-15(20)16-8-9-17(12)14(19)10-13(18)11-6-4-3-5-7-11/h3-7,12-13,18H,2,8-10H2,1H3,(H,16,20). The minimum atomic E-state index is -0.828. The van der Waals surface area contributed by atoms with Gasteiger partial charge in [-0.3, -0.25) is 9.59 Å². The lowest BCUT2D eigenvalue weighted by Gasteiger charge is -2.35. The second kappa shape index (κ2) is 6.52. The second-order valence-electron chi connectivity index (χ2n) is 4.93. The molecule has 20 heavy (non-hydrogen) atoms. The van der Waals surface area contributed by atoms with E-state index in [2.05, 4.69) is 5.32 Å². The monoisotopic (exact) mass is 276 g/mol. The maximum atomic E-state index is 12.3. The Labute approximate surface area is 118 Å². The highest BCUT2D eigenvalue weighted by Gasteiger charge is 2.32. The Bertz CT molecular complexity index is 475. The number of piperazine rings is 1. The predicted octanol–water partition coefficient (Wildman–Crippen LogP) is 0.847. The molecule has 1 heterocycles. The molecule has 1 saturated heterocycles. The van der Waals surface area contributed by atoms with Crippen LogP contribution < -0.4 is 5.32 Å². The number of amides is 2. The zero-order chi connectivity index (χ0) is 14.5. The quantitative estimate of drug-likeness (QED) is 0.856. The van der Waals surface area contributed by atoms with Crippen LogP contribution in [-0.2, 0) is 9.59 Å². The van der Waals surface area contributed by atoms with Gasteiger partial charge in [0.15, 0.2) is 0 Å². The largest absolute Gasteiger partial charge is 0.388 e. The van der Waals surface area contributed by atoms with Crippen LogP contribution in [0.25, 0.3) is 0 Å². The Kier molecular flexibility index (Phi) is 4.74. The van der Waals surface area contributed by atoms with Crippen molar-refractivity contribution in [2.75, 3.05) is 13.1 Å². The molecule has 2 amide bonds. The number of nitrogens with one attached hydrogen (secondary N) is 1. The first-order valence-electron chi connectivity index (χ1n) is 6.93. The van der Waals surface area contributed by atoms with Gasteiger partial charge >= 0.3 is 0 Å². The SMILES string of the molecule is CCC1C(=O)NCCN1C(=O)CC(O)c1ccccc1. The second-order valence-corrected chi connectivity index (χ2v) is 4.93. The molecule has 0 bridgehead atoms. The molecule has 1 aliphatic rings. The van der Waals surface area contributed by atoms with Crippen LogP contribution in [0.4, 0.5) is 0 Å². The van der Waals surface area contributed by atoms with Crippen LogP contribution >= 0.6 is 0 Å². The number of benzene rings is 1. The van der Waals surface area contributed by atoms with Gasteiger partial charge in [-0.1, -0.05) is 37.3 Å². The maximum Gasteiger partial charge on any atom is 0.242 e. The minimum absolute atomic E-state index is 0.00773. The van der Waals surface area contributed by atoms with Gasteiger partial charge in [0.1, 0.15) is 6.04 Å². The van der Waals surface area contributed by atoms with Gasteiger partial charge in [-0.15, -0.1) is 0 Å². The molecule has 5 heteroatoms. The molecule has 1 aliphatic heterocycles. The van der Waals surface area contributed by atoms with Crippen molar-refractivity contribution in [1.29, 1.82) is 0 Å². The number of carbonyl (C=O) groups excluding carboxylic acids is 2. The van der Waals surface area contributed by atoms with Crippen molar-refractivity contribution < 1.29 is 14.7 Å². The molecule has 0 saturated carbocycles.